The fraction of sp³-hybridized carbons (Fsp3) is 0.167. The van der Waals surface area contributed by atoms with Crippen molar-refractivity contribution in [1.29, 1.82) is 0 Å². The Bertz CT molecular complexity index is 1050. The van der Waals surface area contributed by atoms with E-state index in [1.165, 1.54) is 0 Å². The van der Waals surface area contributed by atoms with Gasteiger partial charge in [0.25, 0.3) is 0 Å². The van der Waals surface area contributed by atoms with Gasteiger partial charge in [-0.2, -0.15) is 0 Å². The number of fused-ring (bicyclic) bond motifs is 3. The molecule has 0 saturated carbocycles. The molecule has 0 radical (unpaired) electrons. The third kappa shape index (κ3) is 3.98. The summed E-state index contributed by atoms with van der Waals surface area (Å²) in [5, 5.41) is 11.9. The molecule has 152 valence electrons. The standard InChI is InChI=1S/C24H22N2O4/c25-16-7-5-6-15(12-16)13-22(23(27)28)26-24(29)30-14-21-19-10-3-1-8-17(19)18-9-2-4-11-20(18)21/h1-12,21-22H,13-14,25H2,(H,26,29)(H,27,28). The highest BCUT2D eigenvalue weighted by Crippen LogP contribution is 2.44. The monoisotopic (exact) mass is 402 g/mol. The molecule has 3 aromatic rings. The third-order valence-electron chi connectivity index (χ3n) is 5.32. The number of benzene rings is 3. The predicted molar refractivity (Wildman–Crippen MR) is 114 cm³/mol. The van der Waals surface area contributed by atoms with Crippen LogP contribution in [0.2, 0.25) is 0 Å². The van der Waals surface area contributed by atoms with Crippen LogP contribution in [0.3, 0.4) is 0 Å². The van der Waals surface area contributed by atoms with Crippen molar-refractivity contribution >= 4 is 17.7 Å². The summed E-state index contributed by atoms with van der Waals surface area (Å²) in [6, 6.07) is 21.9. The zero-order valence-corrected chi connectivity index (χ0v) is 16.2. The van der Waals surface area contributed by atoms with E-state index in [9.17, 15) is 14.7 Å². The third-order valence-corrected chi connectivity index (χ3v) is 5.32. The lowest BCUT2D eigenvalue weighted by molar-refractivity contribution is -0.139. The summed E-state index contributed by atoms with van der Waals surface area (Å²) in [7, 11) is 0. The summed E-state index contributed by atoms with van der Waals surface area (Å²) in [5.41, 5.74) is 11.5. The zero-order chi connectivity index (χ0) is 21.1. The number of hydrogen-bond acceptors (Lipinski definition) is 4. The van der Waals surface area contributed by atoms with Gasteiger partial charge in [-0.1, -0.05) is 60.7 Å². The Morgan fingerprint density at radius 1 is 0.967 bits per heavy atom. The Morgan fingerprint density at radius 3 is 2.20 bits per heavy atom. The van der Waals surface area contributed by atoms with Gasteiger partial charge < -0.3 is 20.9 Å². The fourth-order valence-corrected chi connectivity index (χ4v) is 3.94. The van der Waals surface area contributed by atoms with Gasteiger partial charge in [-0.3, -0.25) is 0 Å². The summed E-state index contributed by atoms with van der Waals surface area (Å²) >= 11 is 0. The van der Waals surface area contributed by atoms with Crippen LogP contribution in [0.25, 0.3) is 11.1 Å². The molecular formula is C24H22N2O4. The SMILES string of the molecule is Nc1cccc(CC(NC(=O)OCC2c3ccccc3-c3ccccc32)C(=O)O)c1. The van der Waals surface area contributed by atoms with Crippen molar-refractivity contribution in [3.8, 4) is 11.1 Å². The number of hydrogen-bond donors (Lipinski definition) is 3. The second-order valence-electron chi connectivity index (χ2n) is 7.31. The summed E-state index contributed by atoms with van der Waals surface area (Å²) in [6.07, 6.45) is -0.641. The van der Waals surface area contributed by atoms with Crippen LogP contribution in [0.1, 0.15) is 22.6 Å². The number of carbonyl (C=O) groups is 2. The number of aliphatic carboxylic acids is 1. The number of ether oxygens (including phenoxy) is 1. The molecule has 1 aliphatic carbocycles. The average Bonchev–Trinajstić information content (AvgIpc) is 3.06. The second-order valence-corrected chi connectivity index (χ2v) is 7.31. The highest BCUT2D eigenvalue weighted by Gasteiger charge is 2.29. The topological polar surface area (TPSA) is 102 Å². The van der Waals surface area contributed by atoms with Gasteiger partial charge in [0.15, 0.2) is 0 Å². The number of alkyl carbamates (subject to hydrolysis) is 1. The number of nitrogens with two attached hydrogens (primary N) is 1. The minimum atomic E-state index is -1.13. The van der Waals surface area contributed by atoms with Gasteiger partial charge in [-0.25, -0.2) is 9.59 Å². The van der Waals surface area contributed by atoms with E-state index in [-0.39, 0.29) is 18.9 Å². The number of carboxylic acid groups (broad SMARTS) is 1. The van der Waals surface area contributed by atoms with Crippen LogP contribution in [-0.2, 0) is 16.0 Å². The van der Waals surface area contributed by atoms with E-state index >= 15 is 0 Å². The molecule has 6 heteroatoms. The Hall–Kier alpha value is -3.80. The Morgan fingerprint density at radius 2 is 1.60 bits per heavy atom. The molecule has 0 heterocycles. The largest absolute Gasteiger partial charge is 0.480 e. The molecule has 4 rings (SSSR count). The molecule has 6 nitrogen and oxygen atoms in total. The normalized spacial score (nSPS) is 13.2. The maximum Gasteiger partial charge on any atom is 0.407 e. The van der Waals surface area contributed by atoms with E-state index in [0.717, 1.165) is 27.8 Å². The number of carboxylic acids is 1. The molecule has 0 bridgehead atoms. The molecule has 0 aromatic heterocycles. The molecule has 1 aliphatic rings. The number of anilines is 1. The van der Waals surface area contributed by atoms with Crippen molar-refractivity contribution in [3.63, 3.8) is 0 Å². The predicted octanol–water partition coefficient (Wildman–Crippen LogP) is 3.80. The molecule has 30 heavy (non-hydrogen) atoms. The van der Waals surface area contributed by atoms with Crippen molar-refractivity contribution in [1.82, 2.24) is 5.32 Å². The lowest BCUT2D eigenvalue weighted by atomic mass is 9.98. The molecule has 3 aromatic carbocycles. The van der Waals surface area contributed by atoms with Gasteiger partial charge in [0.1, 0.15) is 12.6 Å². The molecule has 0 fully saturated rings. The van der Waals surface area contributed by atoms with Crippen LogP contribution in [0.4, 0.5) is 10.5 Å². The van der Waals surface area contributed by atoms with Crippen molar-refractivity contribution in [3.05, 3.63) is 89.5 Å². The van der Waals surface area contributed by atoms with Crippen molar-refractivity contribution in [2.24, 2.45) is 0 Å². The highest BCUT2D eigenvalue weighted by atomic mass is 16.5. The Kier molecular flexibility index (Phi) is 5.39. The molecule has 0 spiro atoms. The van der Waals surface area contributed by atoms with Crippen molar-refractivity contribution in [2.75, 3.05) is 12.3 Å². The first kappa shape index (κ1) is 19.5. The minimum Gasteiger partial charge on any atom is -0.480 e. The van der Waals surface area contributed by atoms with Gasteiger partial charge in [-0.05, 0) is 39.9 Å². The molecule has 1 atom stereocenters. The van der Waals surface area contributed by atoms with Crippen LogP contribution >= 0.6 is 0 Å². The Balaban J connectivity index is 1.43. The highest BCUT2D eigenvalue weighted by molar-refractivity contribution is 5.81. The van der Waals surface area contributed by atoms with Crippen molar-refractivity contribution in [2.45, 2.75) is 18.4 Å². The fourth-order valence-electron chi connectivity index (χ4n) is 3.94. The average molecular weight is 402 g/mol. The smallest absolute Gasteiger partial charge is 0.407 e. The van der Waals surface area contributed by atoms with Gasteiger partial charge in [0, 0.05) is 18.0 Å². The van der Waals surface area contributed by atoms with E-state index in [1.54, 1.807) is 24.3 Å². The molecule has 1 amide bonds. The van der Waals surface area contributed by atoms with Crippen LogP contribution in [0.5, 0.6) is 0 Å². The summed E-state index contributed by atoms with van der Waals surface area (Å²) < 4.78 is 5.44. The van der Waals surface area contributed by atoms with Crippen LogP contribution < -0.4 is 11.1 Å². The van der Waals surface area contributed by atoms with E-state index in [1.807, 2.05) is 36.4 Å². The molecule has 1 unspecified atom stereocenters. The van der Waals surface area contributed by atoms with Crippen LogP contribution in [0.15, 0.2) is 72.8 Å². The van der Waals surface area contributed by atoms with Gasteiger partial charge in [0.2, 0.25) is 0 Å². The first-order chi connectivity index (χ1) is 14.5. The maximum atomic E-state index is 12.4. The number of carbonyl (C=O) groups excluding carboxylic acids is 1. The van der Waals surface area contributed by atoms with Gasteiger partial charge >= 0.3 is 12.1 Å². The summed E-state index contributed by atoms with van der Waals surface area (Å²) in [6.45, 7) is 0.129. The van der Waals surface area contributed by atoms with Gasteiger partial charge in [-0.15, -0.1) is 0 Å². The zero-order valence-electron chi connectivity index (χ0n) is 16.2. The van der Waals surface area contributed by atoms with E-state index < -0.39 is 18.1 Å². The first-order valence-electron chi connectivity index (χ1n) is 9.71. The van der Waals surface area contributed by atoms with Crippen molar-refractivity contribution < 1.29 is 19.4 Å². The van der Waals surface area contributed by atoms with Crippen LogP contribution in [0, 0.1) is 0 Å². The Labute approximate surface area is 174 Å². The summed E-state index contributed by atoms with van der Waals surface area (Å²) in [5.74, 6) is -1.22. The lowest BCUT2D eigenvalue weighted by Gasteiger charge is -2.17. The molecule has 0 aliphatic heterocycles. The number of nitrogens with one attached hydrogen (secondary N) is 1. The van der Waals surface area contributed by atoms with E-state index in [2.05, 4.69) is 17.4 Å². The van der Waals surface area contributed by atoms with E-state index in [4.69, 9.17) is 10.5 Å². The second kappa shape index (κ2) is 8.29. The van der Waals surface area contributed by atoms with Crippen LogP contribution in [-0.4, -0.2) is 29.8 Å². The molecule has 4 N–H and O–H groups in total. The first-order valence-corrected chi connectivity index (χ1v) is 9.71. The minimum absolute atomic E-state index is 0.0830. The molecule has 0 saturated heterocycles. The lowest BCUT2D eigenvalue weighted by Crippen LogP contribution is -2.42. The number of rotatable bonds is 6. The van der Waals surface area contributed by atoms with Gasteiger partial charge in [0.05, 0.1) is 0 Å². The van der Waals surface area contributed by atoms with E-state index in [0.29, 0.717) is 5.69 Å². The molecular weight excluding hydrogens is 380 g/mol. The summed E-state index contributed by atoms with van der Waals surface area (Å²) in [4.78, 5) is 24.0. The number of amides is 1. The maximum absolute atomic E-state index is 12.4. The quantitative estimate of drug-likeness (QED) is 0.544. The number of nitrogen functional groups attached to an aromatic ring is 1.